The third kappa shape index (κ3) is 4.14. The van der Waals surface area contributed by atoms with Crippen molar-refractivity contribution in [2.24, 2.45) is 0 Å². The molecule has 9 nitrogen and oxygen atoms in total. The molecule has 2 amide bonds. The van der Waals surface area contributed by atoms with E-state index in [1.54, 1.807) is 0 Å². The van der Waals surface area contributed by atoms with Crippen LogP contribution < -0.4 is 10.1 Å². The van der Waals surface area contributed by atoms with E-state index in [4.69, 9.17) is 4.74 Å². The van der Waals surface area contributed by atoms with Crippen LogP contribution in [0.4, 0.5) is 5.13 Å². The normalized spacial score (nSPS) is 16.4. The van der Waals surface area contributed by atoms with Gasteiger partial charge in [0.15, 0.2) is 0 Å². The number of hydrogen-bond donors (Lipinski definition) is 1. The van der Waals surface area contributed by atoms with Crippen LogP contribution in [0.1, 0.15) is 28.3 Å². The molecule has 0 saturated carbocycles. The molecule has 1 fully saturated rings. The van der Waals surface area contributed by atoms with Gasteiger partial charge in [0.25, 0.3) is 15.9 Å². The predicted molar refractivity (Wildman–Crippen MR) is 114 cm³/mol. The molecule has 0 bridgehead atoms. The molecule has 0 unspecified atom stereocenters. The highest BCUT2D eigenvalue weighted by atomic mass is 32.2. The van der Waals surface area contributed by atoms with Gasteiger partial charge >= 0.3 is 0 Å². The van der Waals surface area contributed by atoms with Crippen LogP contribution in [0.5, 0.6) is 5.75 Å². The van der Waals surface area contributed by atoms with Crippen molar-refractivity contribution >= 4 is 38.3 Å². The summed E-state index contributed by atoms with van der Waals surface area (Å²) in [6, 6.07) is 13.3. The topological polar surface area (TPSA) is 119 Å². The third-order valence-electron chi connectivity index (χ3n) is 4.93. The van der Waals surface area contributed by atoms with Gasteiger partial charge in [-0.15, -0.1) is 10.2 Å². The lowest BCUT2D eigenvalue weighted by molar-refractivity contribution is -0.123. The molecule has 1 saturated heterocycles. The quantitative estimate of drug-likeness (QED) is 0.603. The Hall–Kier alpha value is -3.31. The van der Waals surface area contributed by atoms with Gasteiger partial charge in [-0.25, -0.2) is 12.7 Å². The predicted octanol–water partition coefficient (Wildman–Crippen LogP) is 2.50. The minimum atomic E-state index is -4.24. The summed E-state index contributed by atoms with van der Waals surface area (Å²) in [4.78, 5) is 24.9. The molecule has 1 N–H and O–H groups in total. The highest BCUT2D eigenvalue weighted by Crippen LogP contribution is 2.35. The number of nitrogens with zero attached hydrogens (tertiary/aromatic N) is 3. The van der Waals surface area contributed by atoms with Gasteiger partial charge in [-0.2, -0.15) is 0 Å². The molecule has 4 rings (SSSR count). The molecule has 1 atom stereocenters. The summed E-state index contributed by atoms with van der Waals surface area (Å²) in [7, 11) is -2.91. The van der Waals surface area contributed by atoms with Crippen molar-refractivity contribution in [3.63, 3.8) is 0 Å². The summed E-state index contributed by atoms with van der Waals surface area (Å²) in [6.45, 7) is 0.0234. The standard InChI is InChI=1S/C20H18N4O5S2/c1-29-16-8-7-14(19(26)22-20-23-21-12-30-20)9-17(16)31(27,28)24-11-15(10-18(24)25)13-5-3-2-4-6-13/h2-9,12,15H,10-11H2,1H3,(H,22,23,26)/t15-/m1/s1. The largest absolute Gasteiger partial charge is 0.495 e. The van der Waals surface area contributed by atoms with Crippen molar-refractivity contribution < 1.29 is 22.7 Å². The van der Waals surface area contributed by atoms with Crippen LogP contribution in [-0.4, -0.2) is 48.4 Å². The number of rotatable bonds is 6. The van der Waals surface area contributed by atoms with Gasteiger partial charge in [-0.1, -0.05) is 41.7 Å². The molecule has 0 aliphatic carbocycles. The second-order valence-corrected chi connectivity index (χ2v) is 9.47. The lowest BCUT2D eigenvalue weighted by Crippen LogP contribution is -2.32. The van der Waals surface area contributed by atoms with Gasteiger partial charge in [0.2, 0.25) is 11.0 Å². The van der Waals surface area contributed by atoms with Gasteiger partial charge in [0.1, 0.15) is 16.2 Å². The number of carbonyl (C=O) groups excluding carboxylic acids is 2. The first-order valence-electron chi connectivity index (χ1n) is 9.26. The second-order valence-electron chi connectivity index (χ2n) is 6.81. The minimum absolute atomic E-state index is 0.0234. The molecule has 31 heavy (non-hydrogen) atoms. The number of carbonyl (C=O) groups is 2. The van der Waals surface area contributed by atoms with E-state index in [1.165, 1.54) is 30.8 Å². The number of methoxy groups -OCH3 is 1. The smallest absolute Gasteiger partial charge is 0.270 e. The average molecular weight is 459 g/mol. The van der Waals surface area contributed by atoms with Gasteiger partial charge in [0, 0.05) is 24.4 Å². The van der Waals surface area contributed by atoms with Gasteiger partial charge in [0.05, 0.1) is 7.11 Å². The summed E-state index contributed by atoms with van der Waals surface area (Å²) >= 11 is 1.13. The molecule has 3 aromatic rings. The number of amides is 2. The molecule has 0 radical (unpaired) electrons. The van der Waals surface area contributed by atoms with Crippen molar-refractivity contribution in [1.29, 1.82) is 0 Å². The highest BCUT2D eigenvalue weighted by Gasteiger charge is 2.40. The molecule has 1 aliphatic heterocycles. The Morgan fingerprint density at radius 3 is 2.68 bits per heavy atom. The maximum atomic E-state index is 13.4. The van der Waals surface area contributed by atoms with Gasteiger partial charge in [-0.05, 0) is 23.8 Å². The highest BCUT2D eigenvalue weighted by molar-refractivity contribution is 7.89. The fraction of sp³-hybridized carbons (Fsp3) is 0.200. The van der Waals surface area contributed by atoms with E-state index in [-0.39, 0.29) is 40.2 Å². The molecular weight excluding hydrogens is 440 g/mol. The van der Waals surface area contributed by atoms with E-state index in [1.807, 2.05) is 30.3 Å². The van der Waals surface area contributed by atoms with Crippen LogP contribution >= 0.6 is 11.3 Å². The number of ether oxygens (including phenoxy) is 1. The Morgan fingerprint density at radius 1 is 1.23 bits per heavy atom. The zero-order valence-corrected chi connectivity index (χ0v) is 18.0. The van der Waals surface area contributed by atoms with Crippen molar-refractivity contribution in [2.75, 3.05) is 19.0 Å². The molecule has 2 aromatic carbocycles. The summed E-state index contributed by atoms with van der Waals surface area (Å²) in [5.74, 6) is -1.24. The Labute approximate surface area is 182 Å². The Kier molecular flexibility index (Phi) is 5.70. The molecule has 2 heterocycles. The third-order valence-corrected chi connectivity index (χ3v) is 7.35. The first-order valence-corrected chi connectivity index (χ1v) is 11.6. The van der Waals surface area contributed by atoms with Gasteiger partial charge < -0.3 is 4.74 Å². The number of benzene rings is 2. The van der Waals surface area contributed by atoms with Crippen LogP contribution in [0.2, 0.25) is 0 Å². The van der Waals surface area contributed by atoms with Crippen LogP contribution in [0.25, 0.3) is 0 Å². The van der Waals surface area contributed by atoms with Crippen molar-refractivity contribution in [3.8, 4) is 5.75 Å². The SMILES string of the molecule is COc1ccc(C(=O)Nc2nncs2)cc1S(=O)(=O)N1C[C@H](c2ccccc2)CC1=O. The molecule has 1 aliphatic rings. The zero-order chi connectivity index (χ0) is 22.0. The maximum Gasteiger partial charge on any atom is 0.270 e. The summed E-state index contributed by atoms with van der Waals surface area (Å²) < 4.78 is 32.8. The Balaban J connectivity index is 1.65. The van der Waals surface area contributed by atoms with Crippen LogP contribution in [0.3, 0.4) is 0 Å². The van der Waals surface area contributed by atoms with Crippen LogP contribution in [0, 0.1) is 0 Å². The van der Waals surface area contributed by atoms with Crippen molar-refractivity contribution in [3.05, 3.63) is 65.2 Å². The van der Waals surface area contributed by atoms with E-state index >= 15 is 0 Å². The fourth-order valence-electron chi connectivity index (χ4n) is 3.39. The van der Waals surface area contributed by atoms with E-state index in [0.717, 1.165) is 21.2 Å². The summed E-state index contributed by atoms with van der Waals surface area (Å²) in [6.07, 6.45) is 0.0861. The van der Waals surface area contributed by atoms with Crippen molar-refractivity contribution in [2.45, 2.75) is 17.2 Å². The number of nitrogens with one attached hydrogen (secondary N) is 1. The van der Waals surface area contributed by atoms with E-state index < -0.39 is 21.8 Å². The number of sulfonamides is 1. The molecule has 11 heteroatoms. The van der Waals surface area contributed by atoms with Crippen molar-refractivity contribution in [1.82, 2.24) is 14.5 Å². The zero-order valence-electron chi connectivity index (χ0n) is 16.4. The molecular formula is C20H18N4O5S2. The van der Waals surface area contributed by atoms with Crippen LogP contribution in [-0.2, 0) is 14.8 Å². The average Bonchev–Trinajstić information content (AvgIpc) is 3.43. The number of aromatic nitrogens is 2. The summed E-state index contributed by atoms with van der Waals surface area (Å²) in [5.41, 5.74) is 2.44. The van der Waals surface area contributed by atoms with E-state index in [0.29, 0.717) is 0 Å². The second kappa shape index (κ2) is 8.44. The van der Waals surface area contributed by atoms with Crippen LogP contribution in [0.15, 0.2) is 58.9 Å². The first kappa shape index (κ1) is 20.9. The lowest BCUT2D eigenvalue weighted by atomic mass is 9.99. The fourth-order valence-corrected chi connectivity index (χ4v) is 5.47. The lowest BCUT2D eigenvalue weighted by Gasteiger charge is -2.19. The molecule has 1 aromatic heterocycles. The monoisotopic (exact) mass is 458 g/mol. The van der Waals surface area contributed by atoms with E-state index in [2.05, 4.69) is 15.5 Å². The summed E-state index contributed by atoms with van der Waals surface area (Å²) in [5, 5.41) is 10.2. The maximum absolute atomic E-state index is 13.4. The Morgan fingerprint density at radius 2 is 2.00 bits per heavy atom. The molecule has 0 spiro atoms. The van der Waals surface area contributed by atoms with Gasteiger partial charge in [-0.3, -0.25) is 14.9 Å². The Bertz CT molecular complexity index is 1210. The first-order chi connectivity index (χ1) is 14.9. The number of anilines is 1. The molecule has 160 valence electrons. The minimum Gasteiger partial charge on any atom is -0.495 e. The van der Waals surface area contributed by atoms with E-state index in [9.17, 15) is 18.0 Å². The number of hydrogen-bond acceptors (Lipinski definition) is 8.